The van der Waals surface area contributed by atoms with E-state index in [0.717, 1.165) is 29.8 Å². The van der Waals surface area contributed by atoms with E-state index in [4.69, 9.17) is 4.74 Å². The number of nitrogens with one attached hydrogen (secondary N) is 1. The van der Waals surface area contributed by atoms with Gasteiger partial charge in [-0.1, -0.05) is 0 Å². The van der Waals surface area contributed by atoms with E-state index in [2.05, 4.69) is 26.2 Å². The number of hydrogen-bond acceptors (Lipinski definition) is 3. The lowest BCUT2D eigenvalue weighted by atomic mass is 10.2. The number of rotatable bonds is 2. The molecule has 2 rings (SSSR count). The highest BCUT2D eigenvalue weighted by atomic mass is 79.9. The maximum atomic E-state index is 5.28. The SMILES string of the molecule is Brc1cnccc1NC1CCOC1. The topological polar surface area (TPSA) is 34.2 Å². The van der Waals surface area contributed by atoms with E-state index in [1.165, 1.54) is 0 Å². The van der Waals surface area contributed by atoms with Crippen LogP contribution in [-0.2, 0) is 4.74 Å². The molecule has 1 aromatic rings. The molecule has 0 spiro atoms. The van der Waals surface area contributed by atoms with Crippen LogP contribution in [0.25, 0.3) is 0 Å². The van der Waals surface area contributed by atoms with Crippen molar-refractivity contribution in [3.63, 3.8) is 0 Å². The Hall–Kier alpha value is -0.610. The number of ether oxygens (including phenoxy) is 1. The minimum absolute atomic E-state index is 0.443. The van der Waals surface area contributed by atoms with Crippen LogP contribution >= 0.6 is 15.9 Å². The van der Waals surface area contributed by atoms with Gasteiger partial charge in [-0.3, -0.25) is 4.98 Å². The summed E-state index contributed by atoms with van der Waals surface area (Å²) in [6, 6.07) is 2.40. The summed E-state index contributed by atoms with van der Waals surface area (Å²) in [4.78, 5) is 4.00. The molecule has 2 heterocycles. The average molecular weight is 243 g/mol. The van der Waals surface area contributed by atoms with Gasteiger partial charge in [-0.2, -0.15) is 0 Å². The van der Waals surface area contributed by atoms with Gasteiger partial charge in [0.1, 0.15) is 0 Å². The largest absolute Gasteiger partial charge is 0.379 e. The normalized spacial score (nSPS) is 21.8. The third-order valence-corrected chi connectivity index (χ3v) is 2.69. The number of pyridine rings is 1. The predicted octanol–water partition coefficient (Wildman–Crippen LogP) is 2.04. The van der Waals surface area contributed by atoms with Crippen molar-refractivity contribution in [2.24, 2.45) is 0 Å². The summed E-state index contributed by atoms with van der Waals surface area (Å²) in [6.45, 7) is 1.66. The molecule has 1 atom stereocenters. The second-order valence-electron chi connectivity index (χ2n) is 3.06. The maximum absolute atomic E-state index is 5.28. The fourth-order valence-corrected chi connectivity index (χ4v) is 1.73. The molecule has 1 aromatic heterocycles. The standard InChI is InChI=1S/C9H11BrN2O/c10-8-5-11-3-1-9(8)12-7-2-4-13-6-7/h1,3,5,7H,2,4,6H2,(H,11,12). The maximum Gasteiger partial charge on any atom is 0.0668 e. The van der Waals surface area contributed by atoms with Crippen LogP contribution in [-0.4, -0.2) is 24.2 Å². The van der Waals surface area contributed by atoms with Crippen LogP contribution in [0.3, 0.4) is 0 Å². The zero-order valence-corrected chi connectivity index (χ0v) is 8.75. The Bertz CT molecular complexity index is 287. The van der Waals surface area contributed by atoms with Gasteiger partial charge in [0.25, 0.3) is 0 Å². The van der Waals surface area contributed by atoms with Crippen molar-refractivity contribution in [3.8, 4) is 0 Å². The van der Waals surface area contributed by atoms with Gasteiger partial charge in [0.15, 0.2) is 0 Å². The first-order chi connectivity index (χ1) is 6.36. The lowest BCUT2D eigenvalue weighted by Gasteiger charge is -2.12. The van der Waals surface area contributed by atoms with Crippen LogP contribution in [0, 0.1) is 0 Å². The van der Waals surface area contributed by atoms with E-state index in [1.807, 2.05) is 6.07 Å². The average Bonchev–Trinajstić information content (AvgIpc) is 2.61. The number of aromatic nitrogens is 1. The Kier molecular flexibility index (Phi) is 2.80. The number of nitrogens with zero attached hydrogens (tertiary/aromatic N) is 1. The lowest BCUT2D eigenvalue weighted by Crippen LogP contribution is -2.19. The van der Waals surface area contributed by atoms with Crippen LogP contribution in [0.1, 0.15) is 6.42 Å². The first kappa shape index (κ1) is 8.97. The van der Waals surface area contributed by atoms with E-state index in [-0.39, 0.29) is 0 Å². The van der Waals surface area contributed by atoms with Crippen LogP contribution in [0.4, 0.5) is 5.69 Å². The first-order valence-corrected chi connectivity index (χ1v) is 5.09. The molecule has 13 heavy (non-hydrogen) atoms. The van der Waals surface area contributed by atoms with E-state index in [0.29, 0.717) is 6.04 Å². The zero-order chi connectivity index (χ0) is 9.10. The summed E-state index contributed by atoms with van der Waals surface area (Å²) in [5, 5.41) is 3.40. The van der Waals surface area contributed by atoms with E-state index in [1.54, 1.807) is 12.4 Å². The summed E-state index contributed by atoms with van der Waals surface area (Å²) in [7, 11) is 0. The minimum atomic E-state index is 0.443. The molecule has 3 nitrogen and oxygen atoms in total. The number of anilines is 1. The third-order valence-electron chi connectivity index (χ3n) is 2.06. The van der Waals surface area contributed by atoms with Crippen molar-refractivity contribution in [1.29, 1.82) is 0 Å². The Morgan fingerprint density at radius 1 is 1.62 bits per heavy atom. The van der Waals surface area contributed by atoms with E-state index < -0.39 is 0 Å². The molecule has 4 heteroatoms. The molecule has 70 valence electrons. The molecular weight excluding hydrogens is 232 g/mol. The predicted molar refractivity (Wildman–Crippen MR) is 54.8 cm³/mol. The lowest BCUT2D eigenvalue weighted by molar-refractivity contribution is 0.195. The number of hydrogen-bond donors (Lipinski definition) is 1. The molecule has 1 fully saturated rings. The van der Waals surface area contributed by atoms with Crippen molar-refractivity contribution in [1.82, 2.24) is 4.98 Å². The molecule has 0 aromatic carbocycles. The highest BCUT2D eigenvalue weighted by Gasteiger charge is 2.15. The number of halogens is 1. The van der Waals surface area contributed by atoms with Crippen LogP contribution < -0.4 is 5.32 Å². The molecule has 0 bridgehead atoms. The van der Waals surface area contributed by atoms with Gasteiger partial charge < -0.3 is 10.1 Å². The van der Waals surface area contributed by atoms with Crippen molar-refractivity contribution >= 4 is 21.6 Å². The summed E-state index contributed by atoms with van der Waals surface area (Å²) < 4.78 is 6.28. The summed E-state index contributed by atoms with van der Waals surface area (Å²) in [5.41, 5.74) is 1.09. The van der Waals surface area contributed by atoms with Gasteiger partial charge in [0.05, 0.1) is 22.8 Å². The van der Waals surface area contributed by atoms with E-state index >= 15 is 0 Å². The Labute approximate surface area is 85.6 Å². The second kappa shape index (κ2) is 4.07. The summed E-state index contributed by atoms with van der Waals surface area (Å²) in [6.07, 6.45) is 4.65. The minimum Gasteiger partial charge on any atom is -0.379 e. The molecule has 0 saturated carbocycles. The van der Waals surface area contributed by atoms with Gasteiger partial charge in [-0.15, -0.1) is 0 Å². The van der Waals surface area contributed by atoms with Crippen molar-refractivity contribution < 1.29 is 4.74 Å². The van der Waals surface area contributed by atoms with Crippen LogP contribution in [0.15, 0.2) is 22.9 Å². The fraction of sp³-hybridized carbons (Fsp3) is 0.444. The zero-order valence-electron chi connectivity index (χ0n) is 7.16. The first-order valence-electron chi connectivity index (χ1n) is 4.30. The molecule has 0 radical (unpaired) electrons. The van der Waals surface area contributed by atoms with Gasteiger partial charge in [-0.25, -0.2) is 0 Å². The Morgan fingerprint density at radius 2 is 2.54 bits per heavy atom. The molecule has 1 aliphatic heterocycles. The van der Waals surface area contributed by atoms with Gasteiger partial charge in [0.2, 0.25) is 0 Å². The van der Waals surface area contributed by atoms with Crippen molar-refractivity contribution in [2.45, 2.75) is 12.5 Å². The van der Waals surface area contributed by atoms with Crippen molar-refractivity contribution in [2.75, 3.05) is 18.5 Å². The quantitative estimate of drug-likeness (QED) is 0.863. The summed E-state index contributed by atoms with van der Waals surface area (Å²) in [5.74, 6) is 0. The second-order valence-corrected chi connectivity index (χ2v) is 3.91. The van der Waals surface area contributed by atoms with Crippen LogP contribution in [0.2, 0.25) is 0 Å². The molecule has 1 aliphatic rings. The van der Waals surface area contributed by atoms with Crippen LogP contribution in [0.5, 0.6) is 0 Å². The van der Waals surface area contributed by atoms with E-state index in [9.17, 15) is 0 Å². The van der Waals surface area contributed by atoms with Crippen molar-refractivity contribution in [3.05, 3.63) is 22.9 Å². The third kappa shape index (κ3) is 2.19. The molecule has 1 N–H and O–H groups in total. The highest BCUT2D eigenvalue weighted by molar-refractivity contribution is 9.10. The van der Waals surface area contributed by atoms with Gasteiger partial charge in [-0.05, 0) is 28.4 Å². The highest BCUT2D eigenvalue weighted by Crippen LogP contribution is 2.22. The molecular formula is C9H11BrN2O. The monoisotopic (exact) mass is 242 g/mol. The summed E-state index contributed by atoms with van der Waals surface area (Å²) >= 11 is 3.44. The molecule has 1 unspecified atom stereocenters. The molecule has 0 aliphatic carbocycles. The Balaban J connectivity index is 2.04. The smallest absolute Gasteiger partial charge is 0.0668 e. The Morgan fingerprint density at radius 3 is 3.23 bits per heavy atom. The molecule has 0 amide bonds. The van der Waals surface area contributed by atoms with Gasteiger partial charge in [0, 0.05) is 19.0 Å². The van der Waals surface area contributed by atoms with Gasteiger partial charge >= 0.3 is 0 Å². The fourth-order valence-electron chi connectivity index (χ4n) is 1.36. The molecule has 1 saturated heterocycles.